The summed E-state index contributed by atoms with van der Waals surface area (Å²) < 4.78 is 36.4. The monoisotopic (exact) mass is 294 g/mol. The molecule has 1 fully saturated rings. The first-order valence-corrected chi connectivity index (χ1v) is 7.51. The van der Waals surface area contributed by atoms with Crippen LogP contribution in [-0.4, -0.2) is 29.3 Å². The average Bonchev–Trinajstić information content (AvgIpc) is 2.08. The number of halogens is 3. The molecule has 1 atom stereocenters. The highest BCUT2D eigenvalue weighted by Crippen LogP contribution is 2.29. The van der Waals surface area contributed by atoms with E-state index < -0.39 is 12.6 Å². The fraction of sp³-hybridized carbons (Fsp3) is 1.00. The summed E-state index contributed by atoms with van der Waals surface area (Å²) in [5, 5.41) is 7.12. The van der Waals surface area contributed by atoms with E-state index in [0.29, 0.717) is 12.5 Å². The third kappa shape index (κ3) is 6.93. The van der Waals surface area contributed by atoms with Crippen molar-refractivity contribution in [2.75, 3.05) is 0 Å². The van der Waals surface area contributed by atoms with Gasteiger partial charge in [0.05, 0.1) is 0 Å². The van der Waals surface area contributed by atoms with E-state index in [1.165, 1.54) is 0 Å². The molecule has 1 aliphatic heterocycles. The summed E-state index contributed by atoms with van der Waals surface area (Å²) in [6.07, 6.45) is -1.93. The Morgan fingerprint density at radius 1 is 1.15 bits per heavy atom. The van der Waals surface area contributed by atoms with E-state index in [0.717, 1.165) is 12.8 Å². The van der Waals surface area contributed by atoms with Crippen molar-refractivity contribution in [2.45, 2.75) is 96.1 Å². The van der Waals surface area contributed by atoms with Crippen LogP contribution in [0.1, 0.15) is 66.7 Å². The lowest BCUT2D eigenvalue weighted by atomic mass is 9.79. The molecule has 0 saturated carbocycles. The Morgan fingerprint density at radius 3 is 2.10 bits per heavy atom. The molecule has 0 spiro atoms. The van der Waals surface area contributed by atoms with Crippen molar-refractivity contribution in [1.82, 2.24) is 10.6 Å². The van der Waals surface area contributed by atoms with Gasteiger partial charge in [-0.2, -0.15) is 13.2 Å². The molecule has 1 heterocycles. The number of alkyl halides is 3. The fourth-order valence-electron chi connectivity index (χ4n) is 3.53. The minimum Gasteiger partial charge on any atom is -0.311 e. The van der Waals surface area contributed by atoms with Crippen molar-refractivity contribution < 1.29 is 13.2 Å². The summed E-state index contributed by atoms with van der Waals surface area (Å²) in [4.78, 5) is 0. The lowest BCUT2D eigenvalue weighted by molar-refractivity contribution is -0.135. The van der Waals surface area contributed by atoms with E-state index >= 15 is 0 Å². The fourth-order valence-corrected chi connectivity index (χ4v) is 3.53. The Morgan fingerprint density at radius 2 is 1.65 bits per heavy atom. The lowest BCUT2D eigenvalue weighted by Gasteiger charge is -2.47. The van der Waals surface area contributed by atoms with E-state index in [1.807, 2.05) is 6.92 Å². The van der Waals surface area contributed by atoms with Crippen LogP contribution in [0.25, 0.3) is 0 Å². The first-order valence-electron chi connectivity index (χ1n) is 7.51. The van der Waals surface area contributed by atoms with Gasteiger partial charge < -0.3 is 10.6 Å². The Bertz CT molecular complexity index is 295. The zero-order valence-electron chi connectivity index (χ0n) is 13.3. The predicted molar refractivity (Wildman–Crippen MR) is 76.8 cm³/mol. The molecule has 1 saturated heterocycles. The zero-order chi connectivity index (χ0) is 15.6. The molecule has 120 valence electrons. The number of nitrogens with one attached hydrogen (secondary N) is 2. The minimum absolute atomic E-state index is 0.0606. The quantitative estimate of drug-likeness (QED) is 0.800. The topological polar surface area (TPSA) is 24.1 Å². The van der Waals surface area contributed by atoms with Crippen LogP contribution in [0.15, 0.2) is 0 Å². The van der Waals surface area contributed by atoms with Crippen LogP contribution < -0.4 is 10.6 Å². The summed E-state index contributed by atoms with van der Waals surface area (Å²) in [5.74, 6) is 0. The van der Waals surface area contributed by atoms with Gasteiger partial charge in [-0.1, -0.05) is 0 Å². The SMILES string of the molecule is CC(CCCC(F)(F)F)NC1CC(C)(C)NC(C)(C)C1. The second-order valence-electron chi connectivity index (χ2n) is 7.57. The van der Waals surface area contributed by atoms with Gasteiger partial charge in [0, 0.05) is 29.6 Å². The molecule has 2 nitrogen and oxygen atoms in total. The van der Waals surface area contributed by atoms with Crippen molar-refractivity contribution in [2.24, 2.45) is 0 Å². The van der Waals surface area contributed by atoms with Crippen LogP contribution in [0.4, 0.5) is 13.2 Å². The summed E-state index contributed by atoms with van der Waals surface area (Å²) in [5.41, 5.74) is 0.121. The first kappa shape index (κ1) is 17.8. The molecule has 2 N–H and O–H groups in total. The zero-order valence-corrected chi connectivity index (χ0v) is 13.3. The normalized spacial score (nSPS) is 24.6. The molecule has 0 aromatic heterocycles. The van der Waals surface area contributed by atoms with E-state index in [-0.39, 0.29) is 23.5 Å². The highest BCUT2D eigenvalue weighted by molar-refractivity contribution is 4.99. The van der Waals surface area contributed by atoms with Gasteiger partial charge in [0.2, 0.25) is 0 Å². The second kappa shape index (κ2) is 6.22. The van der Waals surface area contributed by atoms with Gasteiger partial charge in [-0.15, -0.1) is 0 Å². The summed E-state index contributed by atoms with van der Waals surface area (Å²) in [6, 6.07) is 0.495. The van der Waals surface area contributed by atoms with E-state index in [1.54, 1.807) is 0 Å². The van der Waals surface area contributed by atoms with Crippen molar-refractivity contribution in [1.29, 1.82) is 0 Å². The molecular weight excluding hydrogens is 265 g/mol. The molecule has 0 bridgehead atoms. The maximum atomic E-state index is 12.1. The number of hydrogen-bond acceptors (Lipinski definition) is 2. The van der Waals surface area contributed by atoms with Crippen LogP contribution in [0.3, 0.4) is 0 Å². The van der Waals surface area contributed by atoms with Crippen LogP contribution in [-0.2, 0) is 0 Å². The van der Waals surface area contributed by atoms with Gasteiger partial charge in [-0.05, 0) is 60.3 Å². The molecular formula is C15H29F3N2. The van der Waals surface area contributed by atoms with Crippen molar-refractivity contribution in [3.05, 3.63) is 0 Å². The predicted octanol–water partition coefficient (Wildman–Crippen LogP) is 4.01. The minimum atomic E-state index is -4.03. The molecule has 0 amide bonds. The number of rotatable bonds is 5. The van der Waals surface area contributed by atoms with Crippen molar-refractivity contribution in [3.8, 4) is 0 Å². The van der Waals surface area contributed by atoms with Crippen molar-refractivity contribution >= 4 is 0 Å². The van der Waals surface area contributed by atoms with E-state index in [2.05, 4.69) is 38.3 Å². The highest BCUT2D eigenvalue weighted by Gasteiger charge is 2.37. The smallest absolute Gasteiger partial charge is 0.311 e. The Balaban J connectivity index is 2.39. The third-order valence-corrected chi connectivity index (χ3v) is 3.81. The van der Waals surface area contributed by atoms with Gasteiger partial charge in [0.1, 0.15) is 0 Å². The average molecular weight is 294 g/mol. The van der Waals surface area contributed by atoms with Crippen LogP contribution in [0, 0.1) is 0 Å². The highest BCUT2D eigenvalue weighted by atomic mass is 19.4. The largest absolute Gasteiger partial charge is 0.389 e. The van der Waals surface area contributed by atoms with Gasteiger partial charge in [0.25, 0.3) is 0 Å². The molecule has 0 radical (unpaired) electrons. The summed E-state index contributed by atoms with van der Waals surface area (Å²) >= 11 is 0. The molecule has 0 aromatic rings. The Hall–Kier alpha value is -0.290. The van der Waals surface area contributed by atoms with Crippen LogP contribution >= 0.6 is 0 Å². The Kier molecular flexibility index (Phi) is 5.53. The van der Waals surface area contributed by atoms with Gasteiger partial charge in [0.15, 0.2) is 0 Å². The van der Waals surface area contributed by atoms with Crippen LogP contribution in [0.2, 0.25) is 0 Å². The molecule has 1 unspecified atom stereocenters. The summed E-state index contributed by atoms with van der Waals surface area (Å²) in [6.45, 7) is 10.7. The van der Waals surface area contributed by atoms with E-state index in [9.17, 15) is 13.2 Å². The molecule has 1 aliphatic rings. The molecule has 5 heteroatoms. The lowest BCUT2D eigenvalue weighted by Crippen LogP contribution is -2.62. The molecule has 0 aromatic carbocycles. The number of piperidine rings is 1. The maximum absolute atomic E-state index is 12.1. The van der Waals surface area contributed by atoms with Gasteiger partial charge in [-0.25, -0.2) is 0 Å². The molecule has 0 aliphatic carbocycles. The Labute approximate surface area is 120 Å². The molecule has 1 rings (SSSR count). The van der Waals surface area contributed by atoms with Crippen molar-refractivity contribution in [3.63, 3.8) is 0 Å². The molecule has 20 heavy (non-hydrogen) atoms. The number of hydrogen-bond donors (Lipinski definition) is 2. The maximum Gasteiger partial charge on any atom is 0.389 e. The van der Waals surface area contributed by atoms with Crippen LogP contribution in [0.5, 0.6) is 0 Å². The standard InChI is InChI=1S/C15H29F3N2/c1-11(7-6-8-15(16,17)18)19-12-9-13(2,3)20-14(4,5)10-12/h11-12,19-20H,6-10H2,1-5H3. The van der Waals surface area contributed by atoms with Gasteiger partial charge >= 0.3 is 6.18 Å². The third-order valence-electron chi connectivity index (χ3n) is 3.81. The van der Waals surface area contributed by atoms with E-state index in [4.69, 9.17) is 0 Å². The van der Waals surface area contributed by atoms with Gasteiger partial charge in [-0.3, -0.25) is 0 Å². The summed E-state index contributed by atoms with van der Waals surface area (Å²) in [7, 11) is 0. The second-order valence-corrected chi connectivity index (χ2v) is 7.57. The first-order chi connectivity index (χ1) is 8.89.